The van der Waals surface area contributed by atoms with Crippen LogP contribution in [0.4, 0.5) is 4.39 Å². The molecule has 3 saturated carbocycles. The fourth-order valence-electron chi connectivity index (χ4n) is 7.27. The molecule has 1 amide bonds. The number of alkyl halides is 1. The predicted octanol–water partition coefficient (Wildman–Crippen LogP) is 2.04. The van der Waals surface area contributed by atoms with E-state index in [1.807, 2.05) is 4.90 Å². The number of likely N-dealkylation sites (tertiary alicyclic amines) is 1. The zero-order valence-electron chi connectivity index (χ0n) is 20.3. The first-order valence-corrected chi connectivity index (χ1v) is 13.7. The molecule has 8 atom stereocenters. The summed E-state index contributed by atoms with van der Waals surface area (Å²) in [7, 11) is 0. The van der Waals surface area contributed by atoms with Crippen molar-refractivity contribution in [3.8, 4) is 0 Å². The van der Waals surface area contributed by atoms with Crippen LogP contribution in [0.3, 0.4) is 0 Å². The van der Waals surface area contributed by atoms with Crippen LogP contribution in [0.2, 0.25) is 0 Å². The normalized spacial score (nSPS) is 45.3. The lowest BCUT2D eigenvalue weighted by Crippen LogP contribution is -2.52. The van der Waals surface area contributed by atoms with E-state index in [2.05, 4.69) is 5.32 Å². The molecular formula is C26H43FN2O5. The second kappa shape index (κ2) is 11.1. The van der Waals surface area contributed by atoms with Crippen LogP contribution in [0.15, 0.2) is 0 Å². The van der Waals surface area contributed by atoms with Gasteiger partial charge in [0.2, 0.25) is 5.91 Å². The molecule has 8 unspecified atom stereocenters. The van der Waals surface area contributed by atoms with Crippen molar-refractivity contribution in [1.29, 1.82) is 0 Å². The van der Waals surface area contributed by atoms with Crippen LogP contribution in [0, 0.1) is 23.7 Å². The second-order valence-corrected chi connectivity index (χ2v) is 11.6. The van der Waals surface area contributed by atoms with Gasteiger partial charge < -0.3 is 29.9 Å². The molecule has 0 spiro atoms. The summed E-state index contributed by atoms with van der Waals surface area (Å²) in [4.78, 5) is 15.7. The first kappa shape index (κ1) is 24.9. The molecule has 2 saturated heterocycles. The highest BCUT2D eigenvalue weighted by Gasteiger charge is 2.48. The van der Waals surface area contributed by atoms with E-state index >= 15 is 0 Å². The molecule has 2 heterocycles. The number of aliphatic hydroxyl groups excluding tert-OH is 2. The third-order valence-corrected chi connectivity index (χ3v) is 9.23. The van der Waals surface area contributed by atoms with Crippen LogP contribution in [0.1, 0.15) is 64.2 Å². The Morgan fingerprint density at radius 3 is 2.65 bits per heavy atom. The zero-order valence-corrected chi connectivity index (χ0v) is 20.3. The van der Waals surface area contributed by atoms with Crippen LogP contribution in [-0.4, -0.2) is 90.5 Å². The average molecular weight is 483 g/mol. The highest BCUT2D eigenvalue weighted by molar-refractivity contribution is 5.80. The molecule has 34 heavy (non-hydrogen) atoms. The summed E-state index contributed by atoms with van der Waals surface area (Å²) in [5.41, 5.74) is 0. The lowest BCUT2D eigenvalue weighted by Gasteiger charge is -2.39. The molecule has 0 aromatic rings. The Labute approximate surface area is 202 Å². The van der Waals surface area contributed by atoms with Crippen molar-refractivity contribution in [3.05, 3.63) is 0 Å². The van der Waals surface area contributed by atoms with Crippen molar-refractivity contribution < 1.29 is 28.9 Å². The Bertz CT molecular complexity index is 684. The summed E-state index contributed by atoms with van der Waals surface area (Å²) < 4.78 is 25.2. The maximum absolute atomic E-state index is 13.7. The first-order valence-electron chi connectivity index (χ1n) is 13.7. The minimum absolute atomic E-state index is 0.0192. The molecule has 3 aliphatic carbocycles. The van der Waals surface area contributed by atoms with E-state index in [9.17, 15) is 19.4 Å². The lowest BCUT2D eigenvalue weighted by molar-refractivity contribution is -0.158. The van der Waals surface area contributed by atoms with E-state index in [0.29, 0.717) is 55.7 Å². The average Bonchev–Trinajstić information content (AvgIpc) is 3.48. The van der Waals surface area contributed by atoms with Crippen LogP contribution in [0.5, 0.6) is 0 Å². The Morgan fingerprint density at radius 1 is 1.06 bits per heavy atom. The van der Waals surface area contributed by atoms with E-state index in [1.54, 1.807) is 0 Å². The molecular weight excluding hydrogens is 439 g/mol. The predicted molar refractivity (Wildman–Crippen MR) is 125 cm³/mol. The van der Waals surface area contributed by atoms with Crippen LogP contribution in [-0.2, 0) is 14.3 Å². The number of nitrogens with one attached hydrogen (secondary N) is 1. The monoisotopic (exact) mass is 482 g/mol. The Morgan fingerprint density at radius 2 is 1.88 bits per heavy atom. The zero-order chi connectivity index (χ0) is 23.7. The van der Waals surface area contributed by atoms with E-state index in [1.165, 1.54) is 6.42 Å². The van der Waals surface area contributed by atoms with Crippen molar-refractivity contribution in [2.24, 2.45) is 23.7 Å². The first-order chi connectivity index (χ1) is 16.5. The molecule has 194 valence electrons. The number of hydrogen-bond acceptors (Lipinski definition) is 6. The maximum atomic E-state index is 13.7. The van der Waals surface area contributed by atoms with Gasteiger partial charge in [0.25, 0.3) is 0 Å². The van der Waals surface area contributed by atoms with E-state index in [4.69, 9.17) is 9.47 Å². The number of fused-ring (bicyclic) bond motifs is 1. The van der Waals surface area contributed by atoms with Crippen LogP contribution in [0.25, 0.3) is 0 Å². The van der Waals surface area contributed by atoms with Crippen LogP contribution >= 0.6 is 0 Å². The molecule has 7 nitrogen and oxygen atoms in total. The van der Waals surface area contributed by atoms with Gasteiger partial charge in [0.05, 0.1) is 30.8 Å². The molecule has 0 radical (unpaired) electrons. The molecule has 0 bridgehead atoms. The molecule has 0 aromatic heterocycles. The molecule has 3 N–H and O–H groups in total. The standard InChI is InChI=1S/C26H43FN2O5/c27-18-6-4-16(5-7-18)14-34-24-11-20(30)10-23(31)25(24)26(32)29-12-17-2-1-3-22(21(17)13-29)28-19-8-9-33-15-19/h16-25,28,30-31H,1-15H2. The Hall–Kier alpha value is -0.800. The number of ether oxygens (including phenoxy) is 2. The maximum Gasteiger partial charge on any atom is 0.230 e. The van der Waals surface area contributed by atoms with Gasteiger partial charge in [-0.05, 0) is 62.7 Å². The van der Waals surface area contributed by atoms with Gasteiger partial charge in [0.15, 0.2) is 0 Å². The minimum atomic E-state index is -0.894. The van der Waals surface area contributed by atoms with Gasteiger partial charge in [0, 0.05) is 51.2 Å². The third kappa shape index (κ3) is 5.61. The van der Waals surface area contributed by atoms with Gasteiger partial charge in [-0.25, -0.2) is 4.39 Å². The summed E-state index contributed by atoms with van der Waals surface area (Å²) in [5, 5.41) is 25.0. The highest BCUT2D eigenvalue weighted by atomic mass is 19.1. The van der Waals surface area contributed by atoms with E-state index < -0.39 is 30.4 Å². The molecule has 0 aromatic carbocycles. The SMILES string of the molecule is O=C(C1C(O)CC(O)CC1OCC1CCC(F)CC1)N1CC2CCCC(NC3CCOC3)C2C1. The highest BCUT2D eigenvalue weighted by Crippen LogP contribution is 2.39. The van der Waals surface area contributed by atoms with Crippen molar-refractivity contribution in [1.82, 2.24) is 10.2 Å². The summed E-state index contributed by atoms with van der Waals surface area (Å²) in [6.45, 7) is 3.56. The van der Waals surface area contributed by atoms with Gasteiger partial charge >= 0.3 is 0 Å². The second-order valence-electron chi connectivity index (χ2n) is 11.6. The number of rotatable bonds is 6. The van der Waals surface area contributed by atoms with Crippen molar-refractivity contribution in [2.75, 3.05) is 32.9 Å². The fourth-order valence-corrected chi connectivity index (χ4v) is 7.27. The molecule has 5 aliphatic rings. The van der Waals surface area contributed by atoms with Crippen LogP contribution < -0.4 is 5.32 Å². The molecule has 2 aliphatic heterocycles. The summed E-state index contributed by atoms with van der Waals surface area (Å²) >= 11 is 0. The quantitative estimate of drug-likeness (QED) is 0.537. The Kier molecular flexibility index (Phi) is 8.10. The largest absolute Gasteiger partial charge is 0.393 e. The van der Waals surface area contributed by atoms with Gasteiger partial charge in [0.1, 0.15) is 6.17 Å². The summed E-state index contributed by atoms with van der Waals surface area (Å²) in [6, 6.07) is 0.833. The Balaban J connectivity index is 1.21. The lowest BCUT2D eigenvalue weighted by atomic mass is 9.78. The third-order valence-electron chi connectivity index (χ3n) is 9.23. The number of aliphatic hydroxyl groups is 2. The van der Waals surface area contributed by atoms with Gasteiger partial charge in [-0.3, -0.25) is 4.79 Å². The fraction of sp³-hybridized carbons (Fsp3) is 0.962. The number of carbonyl (C=O) groups excluding carboxylic acids is 1. The van der Waals surface area contributed by atoms with E-state index in [0.717, 1.165) is 58.4 Å². The minimum Gasteiger partial charge on any atom is -0.393 e. The molecule has 5 fully saturated rings. The van der Waals surface area contributed by atoms with Gasteiger partial charge in [-0.15, -0.1) is 0 Å². The number of hydrogen-bond donors (Lipinski definition) is 3. The number of nitrogens with zero attached hydrogens (tertiary/aromatic N) is 1. The van der Waals surface area contributed by atoms with Gasteiger partial charge in [-0.1, -0.05) is 6.42 Å². The number of halogens is 1. The molecule has 8 heteroatoms. The molecule has 5 rings (SSSR count). The topological polar surface area (TPSA) is 91.3 Å². The van der Waals surface area contributed by atoms with Crippen molar-refractivity contribution in [3.63, 3.8) is 0 Å². The summed E-state index contributed by atoms with van der Waals surface area (Å²) in [6.07, 6.45) is 5.12. The smallest absolute Gasteiger partial charge is 0.230 e. The summed E-state index contributed by atoms with van der Waals surface area (Å²) in [5.74, 6) is 0.587. The van der Waals surface area contributed by atoms with Crippen molar-refractivity contribution in [2.45, 2.75) is 101 Å². The van der Waals surface area contributed by atoms with Gasteiger partial charge in [-0.2, -0.15) is 0 Å². The number of amides is 1. The van der Waals surface area contributed by atoms with Crippen molar-refractivity contribution >= 4 is 5.91 Å². The van der Waals surface area contributed by atoms with E-state index in [-0.39, 0.29) is 12.3 Å². The number of carbonyl (C=O) groups is 1.